The summed E-state index contributed by atoms with van der Waals surface area (Å²) in [6.45, 7) is 6.60. The second kappa shape index (κ2) is 8.36. The van der Waals surface area contributed by atoms with Crippen LogP contribution in [0.4, 0.5) is 4.79 Å². The smallest absolute Gasteiger partial charge is 0.318 e. The zero-order valence-corrected chi connectivity index (χ0v) is 16.9. The fourth-order valence-corrected chi connectivity index (χ4v) is 4.83. The average molecular weight is 379 g/mol. The first-order chi connectivity index (χ1) is 13.6. The number of nitrogens with one attached hydrogen (secondary N) is 1. The molecule has 2 fully saturated rings. The second-order valence-corrected chi connectivity index (χ2v) is 8.12. The lowest BCUT2D eigenvalue weighted by atomic mass is 9.92. The number of aryl methyl sites for hydroxylation is 2. The Morgan fingerprint density at radius 1 is 1.07 bits per heavy atom. The number of amides is 2. The zero-order valence-electron chi connectivity index (χ0n) is 16.9. The van der Waals surface area contributed by atoms with Crippen molar-refractivity contribution >= 4 is 6.03 Å². The van der Waals surface area contributed by atoms with Gasteiger partial charge in [-0.2, -0.15) is 0 Å². The lowest BCUT2D eigenvalue weighted by Crippen LogP contribution is -2.43. The fourth-order valence-electron chi connectivity index (χ4n) is 4.83. The van der Waals surface area contributed by atoms with Gasteiger partial charge >= 0.3 is 6.03 Å². The molecule has 2 aliphatic rings. The molecule has 0 radical (unpaired) electrons. The first-order valence-electron chi connectivity index (χ1n) is 10.4. The molecule has 2 aromatic rings. The summed E-state index contributed by atoms with van der Waals surface area (Å²) < 4.78 is 5.62. The number of hydrogen-bond acceptors (Lipinski definition) is 2. The molecule has 4 nitrogen and oxygen atoms in total. The van der Waals surface area contributed by atoms with Gasteiger partial charge in [-0.1, -0.05) is 48.5 Å². The van der Waals surface area contributed by atoms with Gasteiger partial charge in [0.1, 0.15) is 0 Å². The maximum Gasteiger partial charge on any atom is 0.318 e. The highest BCUT2D eigenvalue weighted by Crippen LogP contribution is 2.36. The molecule has 2 heterocycles. The summed E-state index contributed by atoms with van der Waals surface area (Å²) in [6, 6.07) is 16.9. The molecule has 1 N–H and O–H groups in total. The number of likely N-dealkylation sites (tertiary alicyclic amines) is 1. The van der Waals surface area contributed by atoms with Gasteiger partial charge < -0.3 is 15.0 Å². The average Bonchev–Trinajstić information content (AvgIpc) is 3.39. The zero-order chi connectivity index (χ0) is 19.5. The van der Waals surface area contributed by atoms with E-state index >= 15 is 0 Å². The summed E-state index contributed by atoms with van der Waals surface area (Å²) in [5.74, 6) is 0.326. The highest BCUT2D eigenvalue weighted by molar-refractivity contribution is 5.76. The Hall–Kier alpha value is -2.33. The predicted octanol–water partition coefficient (Wildman–Crippen LogP) is 4.93. The number of carbonyl (C=O) groups is 1. The molecule has 0 saturated carbocycles. The summed E-state index contributed by atoms with van der Waals surface area (Å²) >= 11 is 0. The molecule has 3 unspecified atom stereocenters. The number of rotatable bonds is 4. The quantitative estimate of drug-likeness (QED) is 0.820. The van der Waals surface area contributed by atoms with Crippen molar-refractivity contribution in [3.8, 4) is 0 Å². The highest BCUT2D eigenvalue weighted by atomic mass is 16.5. The molecule has 2 aromatic carbocycles. The molecular formula is C24H30N2O2. The van der Waals surface area contributed by atoms with Crippen molar-refractivity contribution in [3.63, 3.8) is 0 Å². The van der Waals surface area contributed by atoms with E-state index in [0.29, 0.717) is 12.5 Å². The van der Waals surface area contributed by atoms with Gasteiger partial charge in [0.2, 0.25) is 0 Å². The third kappa shape index (κ3) is 3.79. The van der Waals surface area contributed by atoms with Crippen LogP contribution in [0.3, 0.4) is 0 Å². The van der Waals surface area contributed by atoms with E-state index in [1.807, 2.05) is 23.1 Å². The number of hydrogen-bond donors (Lipinski definition) is 1. The van der Waals surface area contributed by atoms with E-state index in [-0.39, 0.29) is 18.1 Å². The van der Waals surface area contributed by atoms with Crippen LogP contribution in [-0.4, -0.2) is 30.7 Å². The van der Waals surface area contributed by atoms with Gasteiger partial charge in [-0.05, 0) is 55.4 Å². The summed E-state index contributed by atoms with van der Waals surface area (Å²) in [4.78, 5) is 15.4. The molecule has 0 aliphatic carbocycles. The Morgan fingerprint density at radius 3 is 2.50 bits per heavy atom. The molecule has 2 amide bonds. The molecule has 2 saturated heterocycles. The Bertz CT molecular complexity index is 794. The van der Waals surface area contributed by atoms with Gasteiger partial charge in [-0.25, -0.2) is 4.79 Å². The topological polar surface area (TPSA) is 41.6 Å². The Morgan fingerprint density at radius 2 is 1.82 bits per heavy atom. The first-order valence-corrected chi connectivity index (χ1v) is 10.4. The minimum atomic E-state index is -0.00424. The van der Waals surface area contributed by atoms with Crippen molar-refractivity contribution < 1.29 is 9.53 Å². The SMILES string of the molecule is Cc1cccc(C)c1C1CCCN1C(=O)NC(c1ccccc1)C1CCOC1. The summed E-state index contributed by atoms with van der Waals surface area (Å²) in [5.41, 5.74) is 5.02. The van der Waals surface area contributed by atoms with E-state index < -0.39 is 0 Å². The van der Waals surface area contributed by atoms with Gasteiger partial charge in [0.25, 0.3) is 0 Å². The monoisotopic (exact) mass is 378 g/mol. The fraction of sp³-hybridized carbons (Fsp3) is 0.458. The maximum atomic E-state index is 13.4. The minimum Gasteiger partial charge on any atom is -0.381 e. The van der Waals surface area contributed by atoms with Crippen LogP contribution < -0.4 is 5.32 Å². The second-order valence-electron chi connectivity index (χ2n) is 8.12. The summed E-state index contributed by atoms with van der Waals surface area (Å²) in [5, 5.41) is 3.36. The van der Waals surface area contributed by atoms with Crippen molar-refractivity contribution in [2.24, 2.45) is 5.92 Å². The molecule has 4 rings (SSSR count). The largest absolute Gasteiger partial charge is 0.381 e. The number of carbonyl (C=O) groups excluding carboxylic acids is 1. The highest BCUT2D eigenvalue weighted by Gasteiger charge is 2.35. The van der Waals surface area contributed by atoms with E-state index in [1.165, 1.54) is 16.7 Å². The van der Waals surface area contributed by atoms with Gasteiger partial charge in [-0.15, -0.1) is 0 Å². The van der Waals surface area contributed by atoms with Crippen LogP contribution in [0, 0.1) is 19.8 Å². The van der Waals surface area contributed by atoms with Crippen molar-refractivity contribution in [1.82, 2.24) is 10.2 Å². The van der Waals surface area contributed by atoms with Crippen LogP contribution in [0.25, 0.3) is 0 Å². The number of urea groups is 1. The molecular weight excluding hydrogens is 348 g/mol. The molecule has 0 bridgehead atoms. The van der Waals surface area contributed by atoms with Gasteiger partial charge in [0, 0.05) is 19.1 Å². The maximum absolute atomic E-state index is 13.4. The molecule has 148 valence electrons. The van der Waals surface area contributed by atoms with Gasteiger partial charge in [0.05, 0.1) is 18.7 Å². The lowest BCUT2D eigenvalue weighted by Gasteiger charge is -2.31. The van der Waals surface area contributed by atoms with Crippen LogP contribution in [0.5, 0.6) is 0 Å². The Labute approximate surface area is 167 Å². The molecule has 4 heteroatoms. The van der Waals surface area contributed by atoms with Crippen LogP contribution >= 0.6 is 0 Å². The number of nitrogens with zero attached hydrogens (tertiary/aromatic N) is 1. The van der Waals surface area contributed by atoms with Crippen molar-refractivity contribution in [3.05, 3.63) is 70.8 Å². The van der Waals surface area contributed by atoms with Crippen LogP contribution in [0.1, 0.15) is 53.6 Å². The summed E-state index contributed by atoms with van der Waals surface area (Å²) in [7, 11) is 0. The van der Waals surface area contributed by atoms with E-state index in [4.69, 9.17) is 4.74 Å². The summed E-state index contributed by atoms with van der Waals surface area (Å²) in [6.07, 6.45) is 3.07. The first kappa shape index (κ1) is 19.0. The van der Waals surface area contributed by atoms with Crippen LogP contribution in [-0.2, 0) is 4.74 Å². The Kier molecular flexibility index (Phi) is 5.67. The standard InChI is InChI=1S/C24H30N2O2/c1-17-8-6-9-18(2)22(17)21-12-7-14-26(21)24(27)25-23(20-13-15-28-16-20)19-10-4-3-5-11-19/h3-6,8-11,20-21,23H,7,12-16H2,1-2H3,(H,25,27). The van der Waals surface area contributed by atoms with E-state index in [1.54, 1.807) is 0 Å². The third-order valence-corrected chi connectivity index (χ3v) is 6.26. The molecule has 0 spiro atoms. The van der Waals surface area contributed by atoms with E-state index in [2.05, 4.69) is 49.5 Å². The van der Waals surface area contributed by atoms with Crippen LogP contribution in [0.15, 0.2) is 48.5 Å². The normalized spacial score (nSPS) is 23.0. The molecule has 3 atom stereocenters. The predicted molar refractivity (Wildman–Crippen MR) is 111 cm³/mol. The molecule has 0 aromatic heterocycles. The number of ether oxygens (including phenoxy) is 1. The van der Waals surface area contributed by atoms with Crippen molar-refractivity contribution in [1.29, 1.82) is 0 Å². The number of benzene rings is 2. The third-order valence-electron chi connectivity index (χ3n) is 6.26. The van der Waals surface area contributed by atoms with E-state index in [0.717, 1.165) is 38.0 Å². The minimum absolute atomic E-state index is 0.00424. The molecule has 28 heavy (non-hydrogen) atoms. The van der Waals surface area contributed by atoms with Gasteiger partial charge in [-0.3, -0.25) is 0 Å². The van der Waals surface area contributed by atoms with E-state index in [9.17, 15) is 4.79 Å². The van der Waals surface area contributed by atoms with Gasteiger partial charge in [0.15, 0.2) is 0 Å². The lowest BCUT2D eigenvalue weighted by molar-refractivity contribution is 0.166. The van der Waals surface area contributed by atoms with Crippen LogP contribution in [0.2, 0.25) is 0 Å². The van der Waals surface area contributed by atoms with Crippen molar-refractivity contribution in [2.75, 3.05) is 19.8 Å². The molecule has 2 aliphatic heterocycles. The Balaban J connectivity index is 1.57. The van der Waals surface area contributed by atoms with Crippen molar-refractivity contribution in [2.45, 2.75) is 45.2 Å².